The fourth-order valence-corrected chi connectivity index (χ4v) is 3.31. The number of amides is 1. The number of hydrogen-bond acceptors (Lipinski definition) is 9. The van der Waals surface area contributed by atoms with E-state index in [0.717, 1.165) is 0 Å². The first-order chi connectivity index (χ1) is 15.5. The van der Waals surface area contributed by atoms with Gasteiger partial charge in [-0.15, -0.1) is 0 Å². The lowest BCUT2D eigenvalue weighted by Crippen LogP contribution is -2.56. The zero-order valence-electron chi connectivity index (χ0n) is 22.1. The van der Waals surface area contributed by atoms with E-state index < -0.39 is 72.3 Å². The highest BCUT2D eigenvalue weighted by Crippen LogP contribution is 2.28. The first kappa shape index (κ1) is 33.0. The van der Waals surface area contributed by atoms with Crippen LogP contribution in [0.2, 0.25) is 0 Å². The fourth-order valence-electron chi connectivity index (χ4n) is 3.31. The average molecular weight is 496 g/mol. The monoisotopic (exact) mass is 495 g/mol. The number of aliphatic hydroxyl groups excluding tert-OH is 6. The van der Waals surface area contributed by atoms with Gasteiger partial charge in [0.25, 0.3) is 0 Å². The van der Waals surface area contributed by atoms with E-state index >= 15 is 0 Å². The molecule has 0 aliphatic heterocycles. The summed E-state index contributed by atoms with van der Waals surface area (Å²) in [6.45, 7) is 14.1. The molecule has 0 heterocycles. The number of nitrogens with one attached hydrogen (secondary N) is 1. The molecule has 34 heavy (non-hydrogen) atoms. The van der Waals surface area contributed by atoms with Gasteiger partial charge in [0.15, 0.2) is 0 Å². The van der Waals surface area contributed by atoms with Gasteiger partial charge in [-0.1, -0.05) is 41.0 Å². The standard InChI is InChI=1S/C21H41NO9.C3H8/c1-20(2,3)15(25)8-13(24)12(22-19(29)31-21(4,5)6)10-30-14-7-11(9-23)16(26)18(28)17(14)27;1-3-2/h11-18,23-28H,7-10H2,1-6H3,(H,22,29);3H2,1-2H3. The number of alkyl carbamates (subject to hydrolysis) is 1. The predicted octanol–water partition coefficient (Wildman–Crippen LogP) is 0.934. The van der Waals surface area contributed by atoms with Crippen molar-refractivity contribution in [2.75, 3.05) is 13.2 Å². The number of carbonyl (C=O) groups excluding carboxylic acids is 1. The molecule has 0 bridgehead atoms. The van der Waals surface area contributed by atoms with Crippen LogP contribution in [0.4, 0.5) is 4.79 Å². The van der Waals surface area contributed by atoms with E-state index in [2.05, 4.69) is 19.2 Å². The van der Waals surface area contributed by atoms with Gasteiger partial charge in [-0.2, -0.15) is 0 Å². The lowest BCUT2D eigenvalue weighted by Gasteiger charge is -2.40. The van der Waals surface area contributed by atoms with Crippen LogP contribution in [0.1, 0.15) is 74.7 Å². The summed E-state index contributed by atoms with van der Waals surface area (Å²) in [5.41, 5.74) is -1.26. The summed E-state index contributed by atoms with van der Waals surface area (Å²) in [5, 5.41) is 63.1. The van der Waals surface area contributed by atoms with Gasteiger partial charge in [0.1, 0.15) is 17.8 Å². The summed E-state index contributed by atoms with van der Waals surface area (Å²) in [6.07, 6.45) is -6.66. The molecule has 1 saturated carbocycles. The summed E-state index contributed by atoms with van der Waals surface area (Å²) in [7, 11) is 0. The number of hydrogen-bond donors (Lipinski definition) is 7. The van der Waals surface area contributed by atoms with Crippen molar-refractivity contribution in [3.63, 3.8) is 0 Å². The molecule has 8 unspecified atom stereocenters. The summed E-state index contributed by atoms with van der Waals surface area (Å²) < 4.78 is 10.9. The molecule has 1 aliphatic carbocycles. The molecule has 0 saturated heterocycles. The normalized spacial score (nSPS) is 28.2. The van der Waals surface area contributed by atoms with Crippen LogP contribution in [0.3, 0.4) is 0 Å². The zero-order chi connectivity index (χ0) is 26.9. The molecule has 0 radical (unpaired) electrons. The topological polar surface area (TPSA) is 169 Å². The van der Waals surface area contributed by atoms with Gasteiger partial charge in [0.2, 0.25) is 0 Å². The summed E-state index contributed by atoms with van der Waals surface area (Å²) in [5.74, 6) is -0.687. The minimum Gasteiger partial charge on any atom is -0.444 e. The molecular formula is C24H49NO9. The van der Waals surface area contributed by atoms with Crippen LogP contribution in [0, 0.1) is 11.3 Å². The van der Waals surface area contributed by atoms with Crippen LogP contribution < -0.4 is 5.32 Å². The Morgan fingerprint density at radius 2 is 1.53 bits per heavy atom. The highest BCUT2D eigenvalue weighted by atomic mass is 16.6. The third kappa shape index (κ3) is 11.6. The number of aliphatic hydroxyl groups is 6. The van der Waals surface area contributed by atoms with Gasteiger partial charge in [0.05, 0.1) is 37.1 Å². The molecule has 1 rings (SSSR count). The van der Waals surface area contributed by atoms with Crippen LogP contribution in [-0.2, 0) is 9.47 Å². The van der Waals surface area contributed by atoms with E-state index in [1.165, 1.54) is 6.42 Å². The summed E-state index contributed by atoms with van der Waals surface area (Å²) >= 11 is 0. The Morgan fingerprint density at radius 3 is 1.97 bits per heavy atom. The molecule has 1 amide bonds. The van der Waals surface area contributed by atoms with E-state index in [1.807, 2.05) is 20.8 Å². The minimum atomic E-state index is -1.50. The van der Waals surface area contributed by atoms with Crippen molar-refractivity contribution in [2.24, 2.45) is 11.3 Å². The Balaban J connectivity index is 0.00000343. The van der Waals surface area contributed by atoms with Gasteiger partial charge in [-0.25, -0.2) is 4.79 Å². The van der Waals surface area contributed by atoms with Crippen molar-refractivity contribution >= 4 is 6.09 Å². The molecular weight excluding hydrogens is 446 g/mol. The molecule has 0 spiro atoms. The Hall–Kier alpha value is -1.01. The molecule has 0 aromatic carbocycles. The van der Waals surface area contributed by atoms with Gasteiger partial charge in [-0.05, 0) is 32.6 Å². The third-order valence-electron chi connectivity index (χ3n) is 5.45. The maximum Gasteiger partial charge on any atom is 0.408 e. The van der Waals surface area contributed by atoms with Crippen molar-refractivity contribution in [3.8, 4) is 0 Å². The lowest BCUT2D eigenvalue weighted by atomic mass is 9.81. The second kappa shape index (κ2) is 14.5. The molecule has 0 aromatic rings. The second-order valence-electron chi connectivity index (χ2n) is 11.2. The Morgan fingerprint density at radius 1 is 1.00 bits per heavy atom. The quantitative estimate of drug-likeness (QED) is 0.259. The van der Waals surface area contributed by atoms with Crippen LogP contribution in [0.15, 0.2) is 0 Å². The highest BCUT2D eigenvalue weighted by molar-refractivity contribution is 5.68. The molecule has 7 N–H and O–H groups in total. The zero-order valence-corrected chi connectivity index (χ0v) is 22.1. The predicted molar refractivity (Wildman–Crippen MR) is 128 cm³/mol. The van der Waals surface area contributed by atoms with E-state index in [0.29, 0.717) is 0 Å². The first-order valence-electron chi connectivity index (χ1n) is 12.1. The molecule has 10 heteroatoms. The minimum absolute atomic E-state index is 0.0405. The molecule has 10 nitrogen and oxygen atoms in total. The van der Waals surface area contributed by atoms with Crippen LogP contribution in [0.25, 0.3) is 0 Å². The lowest BCUT2D eigenvalue weighted by molar-refractivity contribution is -0.181. The maximum atomic E-state index is 12.2. The average Bonchev–Trinajstić information content (AvgIpc) is 2.69. The van der Waals surface area contributed by atoms with E-state index in [1.54, 1.807) is 20.8 Å². The Labute approximate surface area is 204 Å². The molecule has 1 aliphatic rings. The molecule has 8 atom stereocenters. The smallest absolute Gasteiger partial charge is 0.408 e. The van der Waals surface area contributed by atoms with Gasteiger partial charge < -0.3 is 45.4 Å². The Kier molecular flexibility index (Phi) is 14.1. The largest absolute Gasteiger partial charge is 0.444 e. The number of ether oxygens (including phenoxy) is 2. The van der Waals surface area contributed by atoms with Crippen molar-refractivity contribution < 1.29 is 44.9 Å². The van der Waals surface area contributed by atoms with Crippen LogP contribution in [-0.4, -0.2) is 98.2 Å². The van der Waals surface area contributed by atoms with Gasteiger partial charge in [0, 0.05) is 18.9 Å². The second-order valence-corrected chi connectivity index (χ2v) is 11.2. The van der Waals surface area contributed by atoms with Crippen molar-refractivity contribution in [3.05, 3.63) is 0 Å². The SMILES string of the molecule is CC(C)(C)OC(=O)NC(COC1CC(CO)C(O)C(O)C1O)C(O)CC(O)C(C)(C)C.CCC. The molecule has 1 fully saturated rings. The van der Waals surface area contributed by atoms with Gasteiger partial charge >= 0.3 is 6.09 Å². The summed E-state index contributed by atoms with van der Waals surface area (Å²) in [6, 6.07) is -0.976. The third-order valence-corrected chi connectivity index (χ3v) is 5.45. The first-order valence-corrected chi connectivity index (χ1v) is 12.1. The molecule has 0 aromatic heterocycles. The van der Waals surface area contributed by atoms with E-state index in [9.17, 15) is 35.4 Å². The van der Waals surface area contributed by atoms with E-state index in [-0.39, 0.29) is 19.4 Å². The fraction of sp³-hybridized carbons (Fsp3) is 0.958. The highest BCUT2D eigenvalue weighted by Gasteiger charge is 2.43. The number of rotatable bonds is 8. The number of carbonyl (C=O) groups is 1. The Bertz CT molecular complexity index is 574. The van der Waals surface area contributed by atoms with Crippen LogP contribution in [0.5, 0.6) is 0 Å². The summed E-state index contributed by atoms with van der Waals surface area (Å²) in [4.78, 5) is 12.2. The van der Waals surface area contributed by atoms with E-state index in [4.69, 9.17) is 9.47 Å². The maximum absolute atomic E-state index is 12.2. The van der Waals surface area contributed by atoms with Crippen molar-refractivity contribution in [2.45, 2.75) is 123 Å². The molecule has 204 valence electrons. The van der Waals surface area contributed by atoms with Crippen molar-refractivity contribution in [1.29, 1.82) is 0 Å². The van der Waals surface area contributed by atoms with Gasteiger partial charge in [-0.3, -0.25) is 0 Å². The van der Waals surface area contributed by atoms with Crippen LogP contribution >= 0.6 is 0 Å². The van der Waals surface area contributed by atoms with Crippen molar-refractivity contribution in [1.82, 2.24) is 5.32 Å².